The first-order valence-corrected chi connectivity index (χ1v) is 11.2. The van der Waals surface area contributed by atoms with Crippen LogP contribution in [0.5, 0.6) is 5.75 Å². The first kappa shape index (κ1) is 23.8. The van der Waals surface area contributed by atoms with Crippen LogP contribution in [0.4, 0.5) is 11.4 Å². The van der Waals surface area contributed by atoms with Crippen molar-refractivity contribution in [3.05, 3.63) is 80.9 Å². The lowest BCUT2D eigenvalue weighted by molar-refractivity contribution is -0.384. The maximum atomic E-state index is 12.9. The van der Waals surface area contributed by atoms with Crippen LogP contribution in [0, 0.1) is 10.1 Å². The van der Waals surface area contributed by atoms with Crippen molar-refractivity contribution in [1.29, 1.82) is 0 Å². The highest BCUT2D eigenvalue weighted by Gasteiger charge is 2.32. The van der Waals surface area contributed by atoms with Crippen molar-refractivity contribution in [3.8, 4) is 17.1 Å². The zero-order valence-corrected chi connectivity index (χ0v) is 19.4. The van der Waals surface area contributed by atoms with Crippen LogP contribution in [-0.2, 0) is 4.79 Å². The zero-order chi connectivity index (χ0) is 25.1. The summed E-state index contributed by atoms with van der Waals surface area (Å²) in [6, 6.07) is 13.8. The van der Waals surface area contributed by atoms with E-state index in [2.05, 4.69) is 4.99 Å². The number of carbonyl (C=O) groups excluding carboxylic acids is 1. The number of aromatic carboxylic acids is 1. The number of thioether (sulfide) groups is 1. The molecule has 3 aromatic rings. The van der Waals surface area contributed by atoms with Crippen LogP contribution in [0.3, 0.4) is 0 Å². The molecule has 178 valence electrons. The predicted octanol–water partition coefficient (Wildman–Crippen LogP) is 5.19. The fraction of sp³-hybridized carbons (Fsp3) is 0.125. The fourth-order valence-electron chi connectivity index (χ4n) is 3.39. The van der Waals surface area contributed by atoms with Crippen molar-refractivity contribution in [3.63, 3.8) is 0 Å². The first-order chi connectivity index (χ1) is 16.8. The second kappa shape index (κ2) is 9.85. The molecule has 0 unspecified atom stereocenters. The zero-order valence-electron chi connectivity index (χ0n) is 18.6. The van der Waals surface area contributed by atoms with Crippen molar-refractivity contribution in [2.24, 2.45) is 4.99 Å². The maximum absolute atomic E-state index is 12.9. The molecular weight excluding hydrogens is 474 g/mol. The molecule has 0 aliphatic carbocycles. The standard InChI is InChI=1S/C24H19N3O7S/c1-3-26-22(28)21(35-24(26)25-15-6-4-5-14(11-15)23(29)30)13-17-8-10-20(34-17)18-9-7-16(33-2)12-19(18)27(31)32/h4-13H,3H2,1-2H3,(H,29,30)/b21-13-,25-24?. The number of likely N-dealkylation sites (N-methyl/N-ethyl adjacent to an activating group) is 1. The average Bonchev–Trinajstić information content (AvgIpc) is 3.43. The number of carboxylic acid groups (broad SMARTS) is 1. The largest absolute Gasteiger partial charge is 0.497 e. The summed E-state index contributed by atoms with van der Waals surface area (Å²) in [6.07, 6.45) is 1.55. The van der Waals surface area contributed by atoms with Gasteiger partial charge in [-0.1, -0.05) is 6.07 Å². The van der Waals surface area contributed by atoms with Crippen LogP contribution in [0.25, 0.3) is 17.4 Å². The van der Waals surface area contributed by atoms with E-state index in [0.29, 0.717) is 33.8 Å². The minimum Gasteiger partial charge on any atom is -0.497 e. The Morgan fingerprint density at radius 1 is 1.26 bits per heavy atom. The number of hydrogen-bond acceptors (Lipinski definition) is 8. The third-order valence-electron chi connectivity index (χ3n) is 5.09. The highest BCUT2D eigenvalue weighted by atomic mass is 32.2. The Kier molecular flexibility index (Phi) is 6.69. The number of nitro groups is 1. The normalized spacial score (nSPS) is 15.7. The number of hydrogen-bond donors (Lipinski definition) is 1. The summed E-state index contributed by atoms with van der Waals surface area (Å²) in [7, 11) is 1.42. The Morgan fingerprint density at radius 3 is 2.74 bits per heavy atom. The summed E-state index contributed by atoms with van der Waals surface area (Å²) in [4.78, 5) is 41.4. The van der Waals surface area contributed by atoms with Crippen LogP contribution in [0.2, 0.25) is 0 Å². The molecule has 1 N–H and O–H groups in total. The van der Waals surface area contributed by atoms with E-state index in [1.807, 2.05) is 0 Å². The van der Waals surface area contributed by atoms with Gasteiger partial charge in [-0.3, -0.25) is 19.8 Å². The molecule has 4 rings (SSSR count). The molecule has 11 heteroatoms. The second-order valence-electron chi connectivity index (χ2n) is 7.25. The number of rotatable bonds is 7. The Morgan fingerprint density at radius 2 is 2.06 bits per heavy atom. The summed E-state index contributed by atoms with van der Waals surface area (Å²) in [6.45, 7) is 2.17. The summed E-state index contributed by atoms with van der Waals surface area (Å²) < 4.78 is 10.9. The lowest BCUT2D eigenvalue weighted by Crippen LogP contribution is -2.28. The van der Waals surface area contributed by atoms with Gasteiger partial charge in [0.05, 0.1) is 39.8 Å². The predicted molar refractivity (Wildman–Crippen MR) is 131 cm³/mol. The smallest absolute Gasteiger partial charge is 0.335 e. The highest BCUT2D eigenvalue weighted by Crippen LogP contribution is 2.37. The Hall–Kier alpha value is -4.38. The van der Waals surface area contributed by atoms with Gasteiger partial charge in [-0.05, 0) is 61.2 Å². The molecule has 1 aliphatic rings. The summed E-state index contributed by atoms with van der Waals surface area (Å²) in [5.41, 5.74) is 0.615. The molecule has 1 saturated heterocycles. The van der Waals surface area contributed by atoms with E-state index in [4.69, 9.17) is 9.15 Å². The van der Waals surface area contributed by atoms with Crippen LogP contribution in [-0.4, -0.2) is 45.6 Å². The number of methoxy groups -OCH3 is 1. The molecule has 1 fully saturated rings. The molecule has 1 amide bonds. The lowest BCUT2D eigenvalue weighted by Gasteiger charge is -2.12. The van der Waals surface area contributed by atoms with Gasteiger partial charge in [0.25, 0.3) is 11.6 Å². The molecule has 10 nitrogen and oxygen atoms in total. The molecule has 0 spiro atoms. The second-order valence-corrected chi connectivity index (χ2v) is 8.26. The van der Waals surface area contributed by atoms with E-state index in [9.17, 15) is 24.8 Å². The monoisotopic (exact) mass is 493 g/mol. The molecule has 2 heterocycles. The lowest BCUT2D eigenvalue weighted by atomic mass is 10.1. The van der Waals surface area contributed by atoms with Crippen LogP contribution in [0.1, 0.15) is 23.0 Å². The van der Waals surface area contributed by atoms with Gasteiger partial charge < -0.3 is 14.3 Å². The Bertz CT molecular complexity index is 1390. The topological polar surface area (TPSA) is 135 Å². The highest BCUT2D eigenvalue weighted by molar-refractivity contribution is 8.18. The number of furan rings is 1. The molecule has 1 aliphatic heterocycles. The van der Waals surface area contributed by atoms with Crippen molar-refractivity contribution < 1.29 is 28.8 Å². The molecule has 0 bridgehead atoms. The van der Waals surface area contributed by atoms with E-state index in [1.165, 1.54) is 36.3 Å². The number of nitro benzene ring substituents is 1. The van der Waals surface area contributed by atoms with Gasteiger partial charge in [0.2, 0.25) is 0 Å². The molecule has 2 aromatic carbocycles. The minimum atomic E-state index is -1.07. The maximum Gasteiger partial charge on any atom is 0.335 e. The number of amidine groups is 1. The Balaban J connectivity index is 1.64. The van der Waals surface area contributed by atoms with Crippen molar-refractivity contribution >= 4 is 46.3 Å². The number of benzene rings is 2. The van der Waals surface area contributed by atoms with E-state index >= 15 is 0 Å². The van der Waals surface area contributed by atoms with Crippen LogP contribution >= 0.6 is 11.8 Å². The van der Waals surface area contributed by atoms with Crippen LogP contribution < -0.4 is 4.74 Å². The van der Waals surface area contributed by atoms with Gasteiger partial charge in [-0.2, -0.15) is 0 Å². The van der Waals surface area contributed by atoms with Gasteiger partial charge in [0.1, 0.15) is 17.3 Å². The van der Waals surface area contributed by atoms with Crippen LogP contribution in [0.15, 0.2) is 68.9 Å². The van der Waals surface area contributed by atoms with Gasteiger partial charge in [-0.25, -0.2) is 9.79 Å². The number of carboxylic acids is 1. The SMILES string of the molecule is CCN1C(=O)/C(=C/c2ccc(-c3ccc(OC)cc3[N+](=O)[O-])o2)SC1=Nc1cccc(C(=O)O)c1. The first-order valence-electron chi connectivity index (χ1n) is 10.4. The molecule has 1 aromatic heterocycles. The Labute approximate surface area is 203 Å². The summed E-state index contributed by atoms with van der Waals surface area (Å²) >= 11 is 1.13. The van der Waals surface area contributed by atoms with E-state index < -0.39 is 10.9 Å². The third kappa shape index (κ3) is 4.94. The molecule has 0 radical (unpaired) electrons. The molecule has 0 atom stereocenters. The van der Waals surface area contributed by atoms with E-state index in [-0.39, 0.29) is 28.5 Å². The fourth-order valence-corrected chi connectivity index (χ4v) is 4.43. The van der Waals surface area contributed by atoms with Gasteiger partial charge in [0, 0.05) is 12.6 Å². The van der Waals surface area contributed by atoms with Crippen molar-refractivity contribution in [2.45, 2.75) is 6.92 Å². The van der Waals surface area contributed by atoms with Crippen molar-refractivity contribution in [2.75, 3.05) is 13.7 Å². The quantitative estimate of drug-likeness (QED) is 0.270. The minimum absolute atomic E-state index is 0.0933. The van der Waals surface area contributed by atoms with Gasteiger partial charge in [0.15, 0.2) is 5.17 Å². The van der Waals surface area contributed by atoms with Gasteiger partial charge in [-0.15, -0.1) is 0 Å². The molecular formula is C24H19N3O7S. The summed E-state index contributed by atoms with van der Waals surface area (Å²) in [5, 5.41) is 21.1. The number of ether oxygens (including phenoxy) is 1. The van der Waals surface area contributed by atoms with Crippen molar-refractivity contribution in [1.82, 2.24) is 4.90 Å². The summed E-state index contributed by atoms with van der Waals surface area (Å²) in [5.74, 6) is -0.387. The number of nitrogens with zero attached hydrogens (tertiary/aromatic N) is 3. The number of aliphatic imine (C=N–C) groups is 1. The van der Waals surface area contributed by atoms with Gasteiger partial charge >= 0.3 is 5.97 Å². The molecule has 35 heavy (non-hydrogen) atoms. The average molecular weight is 493 g/mol. The molecule has 0 saturated carbocycles. The third-order valence-corrected chi connectivity index (χ3v) is 6.10. The van der Waals surface area contributed by atoms with E-state index in [0.717, 1.165) is 11.8 Å². The number of amides is 1. The number of carbonyl (C=O) groups is 2. The van der Waals surface area contributed by atoms with E-state index in [1.54, 1.807) is 43.3 Å².